The van der Waals surface area contributed by atoms with Crippen molar-refractivity contribution in [1.29, 1.82) is 0 Å². The van der Waals surface area contributed by atoms with Crippen LogP contribution in [0.1, 0.15) is 6.92 Å². The van der Waals surface area contributed by atoms with Crippen LogP contribution in [-0.4, -0.2) is 40.7 Å². The van der Waals surface area contributed by atoms with Crippen LogP contribution in [0.2, 0.25) is 0 Å². The van der Waals surface area contributed by atoms with Crippen LogP contribution in [0.3, 0.4) is 0 Å². The number of carbonyl (C=O) groups excluding carboxylic acids is 1. The molecule has 0 fully saturated rings. The van der Waals surface area contributed by atoms with Gasteiger partial charge < -0.3 is 14.8 Å². The van der Waals surface area contributed by atoms with Crippen molar-refractivity contribution in [3.05, 3.63) is 58.9 Å². The molecule has 2 aromatic carbocycles. The first-order valence-corrected chi connectivity index (χ1v) is 8.62. The predicted octanol–water partition coefficient (Wildman–Crippen LogP) is 1.39. The molecule has 1 amide bonds. The van der Waals surface area contributed by atoms with Gasteiger partial charge in [0.05, 0.1) is 18.5 Å². The lowest BCUT2D eigenvalue weighted by molar-refractivity contribution is -0.122. The first-order valence-electron chi connectivity index (χ1n) is 8.62. The molecule has 1 heterocycles. The summed E-state index contributed by atoms with van der Waals surface area (Å²) in [6.45, 7) is 2.95. The minimum atomic E-state index is -0.346. The molecule has 140 valence electrons. The van der Waals surface area contributed by atoms with Gasteiger partial charge in [0.25, 0.3) is 5.56 Å². The summed E-state index contributed by atoms with van der Waals surface area (Å²) in [5.74, 6) is 1.13. The zero-order chi connectivity index (χ0) is 19.1. The van der Waals surface area contributed by atoms with Crippen LogP contribution in [0.15, 0.2) is 53.3 Å². The molecule has 8 nitrogen and oxygen atoms in total. The molecule has 0 aliphatic rings. The summed E-state index contributed by atoms with van der Waals surface area (Å²) in [7, 11) is 0. The third-order valence-electron chi connectivity index (χ3n) is 3.75. The van der Waals surface area contributed by atoms with Crippen molar-refractivity contribution in [2.45, 2.75) is 13.5 Å². The highest BCUT2D eigenvalue weighted by atomic mass is 16.5. The van der Waals surface area contributed by atoms with Gasteiger partial charge in [0, 0.05) is 0 Å². The number of nitrogens with zero attached hydrogens (tertiary/aromatic N) is 3. The smallest absolute Gasteiger partial charge is 0.278 e. The van der Waals surface area contributed by atoms with E-state index in [0.29, 0.717) is 36.4 Å². The van der Waals surface area contributed by atoms with Crippen LogP contribution in [0.4, 0.5) is 0 Å². The van der Waals surface area contributed by atoms with E-state index in [2.05, 4.69) is 15.6 Å². The molecule has 0 radical (unpaired) electrons. The molecule has 0 bridgehead atoms. The molecule has 0 saturated carbocycles. The van der Waals surface area contributed by atoms with E-state index in [1.807, 2.05) is 19.1 Å². The minimum Gasteiger partial charge on any atom is -0.494 e. The standard InChI is InChI=1S/C19H20N4O4/c1-2-26-14-7-9-15(10-8-14)27-12-11-20-18(24)13-23-19(25)16-5-3-4-6-17(16)21-22-23/h3-10H,2,11-13H2,1H3,(H,20,24). The van der Waals surface area contributed by atoms with Gasteiger partial charge >= 0.3 is 0 Å². The Hall–Kier alpha value is -3.42. The SMILES string of the molecule is CCOc1ccc(OCCNC(=O)Cn2nnc3ccccc3c2=O)cc1. The second-order valence-electron chi connectivity index (χ2n) is 5.67. The Morgan fingerprint density at radius 2 is 1.78 bits per heavy atom. The maximum Gasteiger partial charge on any atom is 0.278 e. The minimum absolute atomic E-state index is 0.195. The molecule has 27 heavy (non-hydrogen) atoms. The van der Waals surface area contributed by atoms with E-state index in [0.717, 1.165) is 10.4 Å². The van der Waals surface area contributed by atoms with Gasteiger partial charge in [-0.3, -0.25) is 9.59 Å². The summed E-state index contributed by atoms with van der Waals surface area (Å²) >= 11 is 0. The fraction of sp³-hybridized carbons (Fsp3) is 0.263. The van der Waals surface area contributed by atoms with E-state index in [4.69, 9.17) is 9.47 Å². The number of amides is 1. The second kappa shape index (κ2) is 8.79. The molecule has 1 aromatic heterocycles. The van der Waals surface area contributed by atoms with E-state index < -0.39 is 0 Å². The van der Waals surface area contributed by atoms with Gasteiger partial charge in [-0.15, -0.1) is 5.10 Å². The van der Waals surface area contributed by atoms with Crippen molar-refractivity contribution in [1.82, 2.24) is 20.3 Å². The number of carbonyl (C=O) groups is 1. The lowest BCUT2D eigenvalue weighted by atomic mass is 10.2. The molecular formula is C19H20N4O4. The Bertz CT molecular complexity index is 969. The van der Waals surface area contributed by atoms with Gasteiger partial charge in [0.1, 0.15) is 30.2 Å². The Morgan fingerprint density at radius 3 is 2.52 bits per heavy atom. The van der Waals surface area contributed by atoms with Gasteiger partial charge in [0.2, 0.25) is 5.91 Å². The average molecular weight is 368 g/mol. The van der Waals surface area contributed by atoms with Gasteiger partial charge in [-0.1, -0.05) is 17.3 Å². The normalized spacial score (nSPS) is 10.6. The zero-order valence-electron chi connectivity index (χ0n) is 14.9. The summed E-state index contributed by atoms with van der Waals surface area (Å²) in [4.78, 5) is 24.3. The van der Waals surface area contributed by atoms with Crippen molar-refractivity contribution in [3.63, 3.8) is 0 Å². The molecule has 3 rings (SSSR count). The van der Waals surface area contributed by atoms with Gasteiger partial charge in [-0.2, -0.15) is 0 Å². The Balaban J connectivity index is 1.47. The lowest BCUT2D eigenvalue weighted by Crippen LogP contribution is -2.36. The Kier molecular flexibility index (Phi) is 5.98. The number of hydrogen-bond acceptors (Lipinski definition) is 6. The van der Waals surface area contributed by atoms with Crippen LogP contribution in [0.25, 0.3) is 10.9 Å². The van der Waals surface area contributed by atoms with E-state index in [1.54, 1.807) is 36.4 Å². The third-order valence-corrected chi connectivity index (χ3v) is 3.75. The van der Waals surface area contributed by atoms with E-state index in [1.165, 1.54) is 0 Å². The maximum absolute atomic E-state index is 12.3. The number of ether oxygens (including phenoxy) is 2. The summed E-state index contributed by atoms with van der Waals surface area (Å²) in [6, 6.07) is 14.1. The van der Waals surface area contributed by atoms with Crippen molar-refractivity contribution in [2.75, 3.05) is 19.8 Å². The molecule has 0 unspecified atom stereocenters. The highest BCUT2D eigenvalue weighted by molar-refractivity contribution is 5.78. The second-order valence-corrected chi connectivity index (χ2v) is 5.67. The number of nitrogens with one attached hydrogen (secondary N) is 1. The van der Waals surface area contributed by atoms with Crippen molar-refractivity contribution in [3.8, 4) is 11.5 Å². The van der Waals surface area contributed by atoms with Crippen LogP contribution in [-0.2, 0) is 11.3 Å². The van der Waals surface area contributed by atoms with Crippen molar-refractivity contribution in [2.24, 2.45) is 0 Å². The highest BCUT2D eigenvalue weighted by Crippen LogP contribution is 2.17. The average Bonchev–Trinajstić information content (AvgIpc) is 2.69. The fourth-order valence-electron chi connectivity index (χ4n) is 2.48. The van der Waals surface area contributed by atoms with Gasteiger partial charge in [0.15, 0.2) is 0 Å². The molecule has 0 aliphatic heterocycles. The molecule has 0 spiro atoms. The monoisotopic (exact) mass is 368 g/mol. The van der Waals surface area contributed by atoms with Crippen LogP contribution < -0.4 is 20.3 Å². The number of hydrogen-bond donors (Lipinski definition) is 1. The van der Waals surface area contributed by atoms with Crippen molar-refractivity contribution >= 4 is 16.8 Å². The molecular weight excluding hydrogens is 348 g/mol. The third kappa shape index (κ3) is 4.81. The van der Waals surface area contributed by atoms with Crippen LogP contribution >= 0.6 is 0 Å². The first-order chi connectivity index (χ1) is 13.2. The maximum atomic E-state index is 12.3. The molecule has 0 atom stereocenters. The summed E-state index contributed by atoms with van der Waals surface area (Å²) in [6.07, 6.45) is 0. The number of aromatic nitrogens is 3. The molecule has 1 N–H and O–H groups in total. The van der Waals surface area contributed by atoms with Crippen molar-refractivity contribution < 1.29 is 14.3 Å². The molecule has 8 heteroatoms. The zero-order valence-corrected chi connectivity index (χ0v) is 14.9. The fourth-order valence-corrected chi connectivity index (χ4v) is 2.48. The highest BCUT2D eigenvalue weighted by Gasteiger charge is 2.09. The largest absolute Gasteiger partial charge is 0.494 e. The number of fused-ring (bicyclic) bond motifs is 1. The molecule has 0 saturated heterocycles. The number of benzene rings is 2. The topological polar surface area (TPSA) is 95.3 Å². The summed E-state index contributed by atoms with van der Waals surface area (Å²) in [5, 5.41) is 10.9. The number of rotatable bonds is 8. The predicted molar refractivity (Wildman–Crippen MR) is 99.9 cm³/mol. The van der Waals surface area contributed by atoms with Gasteiger partial charge in [-0.05, 0) is 43.3 Å². The Labute approximate surface area is 155 Å². The van der Waals surface area contributed by atoms with Gasteiger partial charge in [-0.25, -0.2) is 4.68 Å². The van der Waals surface area contributed by atoms with E-state index >= 15 is 0 Å². The first kappa shape index (κ1) is 18.4. The summed E-state index contributed by atoms with van der Waals surface area (Å²) in [5.41, 5.74) is 0.157. The quantitative estimate of drug-likeness (QED) is 0.604. The van der Waals surface area contributed by atoms with Crippen LogP contribution in [0.5, 0.6) is 11.5 Å². The molecule has 3 aromatic rings. The summed E-state index contributed by atoms with van der Waals surface area (Å²) < 4.78 is 12.0. The molecule has 0 aliphatic carbocycles. The van der Waals surface area contributed by atoms with E-state index in [9.17, 15) is 9.59 Å². The Morgan fingerprint density at radius 1 is 1.07 bits per heavy atom. The van der Waals surface area contributed by atoms with E-state index in [-0.39, 0.29) is 18.0 Å². The van der Waals surface area contributed by atoms with Crippen LogP contribution in [0, 0.1) is 0 Å². The lowest BCUT2D eigenvalue weighted by Gasteiger charge is -2.09.